The monoisotopic (exact) mass is 203 g/mol. The second-order valence-corrected chi connectivity index (χ2v) is 4.87. The van der Waals surface area contributed by atoms with Crippen molar-refractivity contribution in [2.45, 2.75) is 0 Å². The summed E-state index contributed by atoms with van der Waals surface area (Å²) in [6.07, 6.45) is 0. The van der Waals surface area contributed by atoms with Gasteiger partial charge in [0.05, 0.1) is 0 Å². The van der Waals surface area contributed by atoms with Crippen molar-refractivity contribution in [3.63, 3.8) is 0 Å². The maximum atomic E-state index is 12.0. The van der Waals surface area contributed by atoms with Crippen LogP contribution in [0.25, 0.3) is 0 Å². The lowest BCUT2D eigenvalue weighted by atomic mass is 10.4. The number of hydrogen-bond donors (Lipinski definition) is 0. The highest BCUT2D eigenvalue weighted by Gasteiger charge is 2.03. The smallest absolute Gasteiger partial charge is 0.131 e. The molecule has 2 aromatic carbocycles. The Balaban J connectivity index is 2.35. The molecule has 0 bridgehead atoms. The second kappa shape index (κ2) is 4.26. The zero-order valence-corrected chi connectivity index (χ0v) is 8.68. The zero-order chi connectivity index (χ0) is 9.80. The maximum absolute atomic E-state index is 12.0. The molecule has 2 heteroatoms. The van der Waals surface area contributed by atoms with Crippen molar-refractivity contribution < 1.29 is 4.57 Å². The average Bonchev–Trinajstić information content (AvgIpc) is 2.30. The topological polar surface area (TPSA) is 17.1 Å². The Bertz CT molecular complexity index is 381. The van der Waals surface area contributed by atoms with Crippen molar-refractivity contribution in [1.29, 1.82) is 0 Å². The molecule has 0 saturated heterocycles. The van der Waals surface area contributed by atoms with Gasteiger partial charge in [0.1, 0.15) is 7.80 Å². The molecule has 0 aliphatic rings. The standard InChI is InChI=1S/C12H11OP/c13-14(11-7-3-1-4-8-11)12-9-5-2-6-10-12/h1-10,14H/i11+1. The van der Waals surface area contributed by atoms with Gasteiger partial charge in [0.25, 0.3) is 0 Å². The molecule has 1 unspecified atom stereocenters. The Morgan fingerprint density at radius 3 is 1.36 bits per heavy atom. The molecule has 0 N–H and O–H groups in total. The molecule has 0 saturated carbocycles. The highest BCUT2D eigenvalue weighted by Crippen LogP contribution is 2.18. The molecule has 0 spiro atoms. The first kappa shape index (κ1) is 9.23. The summed E-state index contributed by atoms with van der Waals surface area (Å²) in [4.78, 5) is 0. The van der Waals surface area contributed by atoms with Gasteiger partial charge in [-0.1, -0.05) is 60.7 Å². The highest BCUT2D eigenvalue weighted by atomic mass is 31.1. The van der Waals surface area contributed by atoms with Gasteiger partial charge in [-0.3, -0.25) is 0 Å². The van der Waals surface area contributed by atoms with Crippen LogP contribution < -0.4 is 10.6 Å². The van der Waals surface area contributed by atoms with Gasteiger partial charge in [0.15, 0.2) is 0 Å². The third kappa shape index (κ3) is 1.94. The number of benzene rings is 2. The highest BCUT2D eigenvalue weighted by molar-refractivity contribution is 7.61. The largest absolute Gasteiger partial charge is 0.317 e. The van der Waals surface area contributed by atoms with Crippen LogP contribution in [0.15, 0.2) is 60.7 Å². The van der Waals surface area contributed by atoms with Crippen LogP contribution in [0.3, 0.4) is 0 Å². The van der Waals surface area contributed by atoms with E-state index in [1.165, 1.54) is 0 Å². The fraction of sp³-hybridized carbons (Fsp3) is 0. The first-order valence-corrected chi connectivity index (χ1v) is 5.93. The van der Waals surface area contributed by atoms with E-state index < -0.39 is 7.80 Å². The van der Waals surface area contributed by atoms with Crippen LogP contribution in [0.1, 0.15) is 0 Å². The predicted molar refractivity (Wildman–Crippen MR) is 61.2 cm³/mol. The van der Waals surface area contributed by atoms with Crippen molar-refractivity contribution >= 4 is 18.4 Å². The summed E-state index contributed by atoms with van der Waals surface area (Å²) in [7, 11) is -1.79. The van der Waals surface area contributed by atoms with E-state index in [1.54, 1.807) is 0 Å². The van der Waals surface area contributed by atoms with Crippen LogP contribution in [-0.4, -0.2) is 0 Å². The van der Waals surface area contributed by atoms with E-state index in [2.05, 4.69) is 0 Å². The van der Waals surface area contributed by atoms with Gasteiger partial charge in [-0.2, -0.15) is 0 Å². The van der Waals surface area contributed by atoms with Crippen LogP contribution in [0.2, 0.25) is 0 Å². The minimum atomic E-state index is -1.79. The molecular formula is C12H11OP. The lowest BCUT2D eigenvalue weighted by Crippen LogP contribution is -2.04. The normalized spacial score (nSPS) is 12.3. The van der Waals surface area contributed by atoms with E-state index >= 15 is 0 Å². The van der Waals surface area contributed by atoms with Gasteiger partial charge in [-0.05, 0) is 0 Å². The predicted octanol–water partition coefficient (Wildman–Crippen LogP) is 2.20. The molecular weight excluding hydrogens is 192 g/mol. The summed E-state index contributed by atoms with van der Waals surface area (Å²) in [6, 6.07) is 19.2. The number of rotatable bonds is 2. The quantitative estimate of drug-likeness (QED) is 0.684. The second-order valence-electron chi connectivity index (χ2n) is 3.06. The molecule has 0 aromatic heterocycles. The fourth-order valence-corrected chi connectivity index (χ4v) is 2.67. The Kier molecular flexibility index (Phi) is 2.81. The van der Waals surface area contributed by atoms with Crippen LogP contribution in [0.4, 0.5) is 0 Å². The van der Waals surface area contributed by atoms with Crippen LogP contribution >= 0.6 is 7.80 Å². The summed E-state index contributed by atoms with van der Waals surface area (Å²) in [6.45, 7) is 0. The first-order valence-electron chi connectivity index (χ1n) is 4.53. The van der Waals surface area contributed by atoms with Crippen LogP contribution in [-0.2, 0) is 4.57 Å². The van der Waals surface area contributed by atoms with Gasteiger partial charge in [0, 0.05) is 10.6 Å². The molecule has 70 valence electrons. The van der Waals surface area contributed by atoms with Crippen molar-refractivity contribution in [2.24, 2.45) is 0 Å². The molecule has 0 aliphatic heterocycles. The SMILES string of the molecule is O=[PH](c1ccccc1)[13c]1ccccc1. The van der Waals surface area contributed by atoms with Crippen LogP contribution in [0.5, 0.6) is 0 Å². The molecule has 0 amide bonds. The van der Waals surface area contributed by atoms with Crippen molar-refractivity contribution in [1.82, 2.24) is 0 Å². The van der Waals surface area contributed by atoms with E-state index in [9.17, 15) is 4.57 Å². The number of hydrogen-bond acceptors (Lipinski definition) is 1. The fourth-order valence-electron chi connectivity index (χ4n) is 1.35. The molecule has 0 fully saturated rings. The van der Waals surface area contributed by atoms with E-state index in [-0.39, 0.29) is 0 Å². The Hall–Kier alpha value is -1.33. The Morgan fingerprint density at radius 1 is 0.643 bits per heavy atom. The van der Waals surface area contributed by atoms with E-state index in [4.69, 9.17) is 0 Å². The van der Waals surface area contributed by atoms with E-state index in [0.29, 0.717) is 0 Å². The molecule has 1 nitrogen and oxygen atoms in total. The molecule has 2 aromatic rings. The van der Waals surface area contributed by atoms with Crippen LogP contribution in [0, 0.1) is 0 Å². The van der Waals surface area contributed by atoms with Gasteiger partial charge < -0.3 is 4.57 Å². The summed E-state index contributed by atoms with van der Waals surface area (Å²) >= 11 is 0. The summed E-state index contributed by atoms with van der Waals surface area (Å²) in [5, 5.41) is 1.84. The zero-order valence-electron chi connectivity index (χ0n) is 7.68. The molecule has 1 atom stereocenters. The first-order chi connectivity index (χ1) is 6.88. The lowest BCUT2D eigenvalue weighted by Gasteiger charge is -2.01. The van der Waals surface area contributed by atoms with Crippen molar-refractivity contribution in [3.8, 4) is 0 Å². The van der Waals surface area contributed by atoms with E-state index in [1.807, 2.05) is 60.7 Å². The van der Waals surface area contributed by atoms with E-state index in [0.717, 1.165) is 10.6 Å². The van der Waals surface area contributed by atoms with Gasteiger partial charge in [0.2, 0.25) is 0 Å². The summed E-state index contributed by atoms with van der Waals surface area (Å²) < 4.78 is 12.0. The van der Waals surface area contributed by atoms with Crippen molar-refractivity contribution in [3.05, 3.63) is 60.7 Å². The Morgan fingerprint density at radius 2 is 1.00 bits per heavy atom. The van der Waals surface area contributed by atoms with Crippen molar-refractivity contribution in [2.75, 3.05) is 0 Å². The summed E-state index contributed by atoms with van der Waals surface area (Å²) in [5.41, 5.74) is 0. The average molecular weight is 203 g/mol. The molecule has 0 aliphatic carbocycles. The minimum absolute atomic E-state index is 0.920. The third-order valence-corrected chi connectivity index (χ3v) is 3.79. The van der Waals surface area contributed by atoms with Gasteiger partial charge in [-0.25, -0.2) is 0 Å². The third-order valence-electron chi connectivity index (χ3n) is 2.07. The molecule has 0 radical (unpaired) electrons. The minimum Gasteiger partial charge on any atom is -0.317 e. The van der Waals surface area contributed by atoms with Gasteiger partial charge in [-0.15, -0.1) is 0 Å². The maximum Gasteiger partial charge on any atom is 0.131 e. The van der Waals surface area contributed by atoms with Gasteiger partial charge >= 0.3 is 0 Å². The Labute approximate surface area is 84.2 Å². The molecule has 2 rings (SSSR count). The summed E-state index contributed by atoms with van der Waals surface area (Å²) in [5.74, 6) is 0. The lowest BCUT2D eigenvalue weighted by molar-refractivity contribution is 0.598. The molecule has 14 heavy (non-hydrogen) atoms. The molecule has 0 heterocycles.